The molecule has 0 aromatic rings. The number of esters is 1. The molecule has 3 fully saturated rings. The summed E-state index contributed by atoms with van der Waals surface area (Å²) in [6, 6.07) is 0. The largest absolute Gasteiger partial charge is 0.462 e. The van der Waals surface area contributed by atoms with Crippen molar-refractivity contribution < 1.29 is 19.4 Å². The Bertz CT molecular complexity index is 726. The summed E-state index contributed by atoms with van der Waals surface area (Å²) in [5, 5.41) is 11.5. The molecule has 0 bridgehead atoms. The van der Waals surface area contributed by atoms with Gasteiger partial charge in [0.15, 0.2) is 5.78 Å². The molecule has 1 N–H and O–H groups in total. The Kier molecular flexibility index (Phi) is 4.61. The van der Waals surface area contributed by atoms with Gasteiger partial charge in [-0.15, -0.1) is 0 Å². The smallest absolute Gasteiger partial charge is 0.302 e. The first kappa shape index (κ1) is 20.1. The molecule has 0 radical (unpaired) electrons. The Labute approximate surface area is 169 Å². The highest BCUT2D eigenvalue weighted by Gasteiger charge is 2.67. The van der Waals surface area contributed by atoms with E-state index in [1.54, 1.807) is 6.92 Å². The van der Waals surface area contributed by atoms with Crippen LogP contribution in [0.2, 0.25) is 0 Å². The number of hydrogen-bond acceptors (Lipinski definition) is 4. The van der Waals surface area contributed by atoms with Gasteiger partial charge in [0.05, 0.1) is 0 Å². The van der Waals surface area contributed by atoms with Crippen LogP contribution in [0.3, 0.4) is 0 Å². The van der Waals surface area contributed by atoms with Crippen LogP contribution >= 0.6 is 0 Å². The molecule has 0 aromatic carbocycles. The molecule has 0 amide bonds. The van der Waals surface area contributed by atoms with Crippen LogP contribution in [0.4, 0.5) is 0 Å². The number of carbonyl (C=O) groups is 2. The summed E-state index contributed by atoms with van der Waals surface area (Å²) in [5.41, 5.74) is 0.153. The number of ether oxygens (including phenoxy) is 1. The third kappa shape index (κ3) is 2.52. The SMILES string of the molecule is CC(=O)O[C@@H]1CC[C@]2(C)C(=CC[C@@H]3[C@@H]2CC[C@]2(C)[C@H]3C[C@@H](C)[C@]2(O)C(C)=O)C1. The third-order valence-corrected chi connectivity index (χ3v) is 9.51. The zero-order valence-electron chi connectivity index (χ0n) is 18.1. The van der Waals surface area contributed by atoms with Crippen LogP contribution in [0.15, 0.2) is 11.6 Å². The fourth-order valence-corrected chi connectivity index (χ4v) is 8.05. The second-order valence-corrected chi connectivity index (χ2v) is 10.6. The highest BCUT2D eigenvalue weighted by Crippen LogP contribution is 2.68. The molecule has 0 saturated heterocycles. The quantitative estimate of drug-likeness (QED) is 0.561. The highest BCUT2D eigenvalue weighted by atomic mass is 16.5. The summed E-state index contributed by atoms with van der Waals surface area (Å²) < 4.78 is 5.52. The molecule has 4 rings (SSSR count). The van der Waals surface area contributed by atoms with Gasteiger partial charge in [-0.3, -0.25) is 9.59 Å². The monoisotopic (exact) mass is 388 g/mol. The Morgan fingerprint density at radius 1 is 1.14 bits per heavy atom. The van der Waals surface area contributed by atoms with Gasteiger partial charge >= 0.3 is 5.97 Å². The molecular formula is C24H36O4. The number of ketones is 1. The molecule has 0 spiro atoms. The van der Waals surface area contributed by atoms with Crippen LogP contribution in [-0.4, -0.2) is 28.6 Å². The fraction of sp³-hybridized carbons (Fsp3) is 0.833. The van der Waals surface area contributed by atoms with Gasteiger partial charge in [0.1, 0.15) is 11.7 Å². The minimum atomic E-state index is -1.18. The predicted molar refractivity (Wildman–Crippen MR) is 107 cm³/mol. The molecule has 28 heavy (non-hydrogen) atoms. The molecule has 8 atom stereocenters. The standard InChI is InChI=1S/C24H36O4/c1-14-12-21-19-7-6-17-13-18(28-16(3)26)8-10-22(17,4)20(19)9-11-23(21,5)24(14,27)15(2)25/h6,14,18-21,27H,7-13H2,1-5H3/t14-,18-,19-,20+,21+,22-,23-,24+/m1/s1. The Morgan fingerprint density at radius 2 is 1.86 bits per heavy atom. The molecule has 0 heterocycles. The lowest BCUT2D eigenvalue weighted by Gasteiger charge is -2.58. The van der Waals surface area contributed by atoms with E-state index in [-0.39, 0.29) is 34.6 Å². The Hall–Kier alpha value is -1.16. The van der Waals surface area contributed by atoms with E-state index < -0.39 is 5.60 Å². The molecule has 0 aromatic heterocycles. The molecular weight excluding hydrogens is 352 g/mol. The Balaban J connectivity index is 1.64. The third-order valence-electron chi connectivity index (χ3n) is 9.51. The van der Waals surface area contributed by atoms with Crippen LogP contribution in [0.5, 0.6) is 0 Å². The van der Waals surface area contributed by atoms with Crippen molar-refractivity contribution in [3.8, 4) is 0 Å². The summed E-state index contributed by atoms with van der Waals surface area (Å²) in [6.45, 7) is 9.73. The molecule has 0 aliphatic heterocycles. The molecule has 4 nitrogen and oxygen atoms in total. The normalized spacial score (nSPS) is 50.1. The maximum atomic E-state index is 12.5. The summed E-state index contributed by atoms with van der Waals surface area (Å²) in [7, 11) is 0. The number of hydrogen-bond donors (Lipinski definition) is 1. The Morgan fingerprint density at radius 3 is 2.50 bits per heavy atom. The van der Waals surface area contributed by atoms with Crippen LogP contribution in [-0.2, 0) is 14.3 Å². The van der Waals surface area contributed by atoms with Gasteiger partial charge in [-0.2, -0.15) is 0 Å². The van der Waals surface area contributed by atoms with Gasteiger partial charge in [-0.25, -0.2) is 0 Å². The average molecular weight is 389 g/mol. The number of carbonyl (C=O) groups excluding carboxylic acids is 2. The highest BCUT2D eigenvalue weighted by molar-refractivity contribution is 5.86. The van der Waals surface area contributed by atoms with E-state index in [1.165, 1.54) is 12.5 Å². The first-order valence-corrected chi connectivity index (χ1v) is 11.1. The van der Waals surface area contributed by atoms with E-state index in [2.05, 4.69) is 26.8 Å². The number of aliphatic hydroxyl groups is 1. The molecule has 4 heteroatoms. The number of rotatable bonds is 2. The molecule has 4 aliphatic carbocycles. The van der Waals surface area contributed by atoms with E-state index in [0.717, 1.165) is 44.9 Å². The molecule has 4 aliphatic rings. The van der Waals surface area contributed by atoms with Crippen molar-refractivity contribution in [1.82, 2.24) is 0 Å². The maximum Gasteiger partial charge on any atom is 0.302 e. The number of allylic oxidation sites excluding steroid dienone is 1. The van der Waals surface area contributed by atoms with Crippen LogP contribution in [0, 0.1) is 34.5 Å². The van der Waals surface area contributed by atoms with Crippen molar-refractivity contribution in [3.05, 3.63) is 11.6 Å². The van der Waals surface area contributed by atoms with Gasteiger partial charge < -0.3 is 9.84 Å². The van der Waals surface area contributed by atoms with Gasteiger partial charge in [0.2, 0.25) is 0 Å². The first-order valence-electron chi connectivity index (χ1n) is 11.1. The van der Waals surface area contributed by atoms with Crippen molar-refractivity contribution >= 4 is 11.8 Å². The van der Waals surface area contributed by atoms with Gasteiger partial charge in [-0.1, -0.05) is 32.4 Å². The van der Waals surface area contributed by atoms with Crippen LogP contribution in [0.1, 0.15) is 79.6 Å². The summed E-state index contributed by atoms with van der Waals surface area (Å²) >= 11 is 0. The van der Waals surface area contributed by atoms with Crippen LogP contribution in [0.25, 0.3) is 0 Å². The van der Waals surface area contributed by atoms with E-state index >= 15 is 0 Å². The van der Waals surface area contributed by atoms with Gasteiger partial charge in [0, 0.05) is 18.8 Å². The van der Waals surface area contributed by atoms with Crippen molar-refractivity contribution in [2.24, 2.45) is 34.5 Å². The predicted octanol–water partition coefficient (Wildman–Crippen LogP) is 4.45. The van der Waals surface area contributed by atoms with Crippen molar-refractivity contribution in [2.45, 2.75) is 91.3 Å². The fourth-order valence-electron chi connectivity index (χ4n) is 8.05. The van der Waals surface area contributed by atoms with Gasteiger partial charge in [0.25, 0.3) is 0 Å². The van der Waals surface area contributed by atoms with Gasteiger partial charge in [-0.05, 0) is 74.5 Å². The van der Waals surface area contributed by atoms with E-state index in [9.17, 15) is 14.7 Å². The average Bonchev–Trinajstić information content (AvgIpc) is 2.83. The van der Waals surface area contributed by atoms with Crippen LogP contribution < -0.4 is 0 Å². The number of fused-ring (bicyclic) bond motifs is 5. The molecule has 3 saturated carbocycles. The number of Topliss-reactive ketones (excluding diaryl/α,β-unsaturated/α-hetero) is 1. The molecule has 156 valence electrons. The summed E-state index contributed by atoms with van der Waals surface area (Å²) in [5.74, 6) is 1.33. The lowest BCUT2D eigenvalue weighted by Crippen LogP contribution is -2.58. The summed E-state index contributed by atoms with van der Waals surface area (Å²) in [6.07, 6.45) is 9.29. The lowest BCUT2D eigenvalue weighted by molar-refractivity contribution is -0.165. The van der Waals surface area contributed by atoms with Crippen molar-refractivity contribution in [2.75, 3.05) is 0 Å². The zero-order valence-corrected chi connectivity index (χ0v) is 18.1. The molecule has 0 unspecified atom stereocenters. The van der Waals surface area contributed by atoms with Crippen molar-refractivity contribution in [1.29, 1.82) is 0 Å². The van der Waals surface area contributed by atoms with Crippen molar-refractivity contribution in [3.63, 3.8) is 0 Å². The second-order valence-electron chi connectivity index (χ2n) is 10.6. The second kappa shape index (κ2) is 6.42. The lowest BCUT2D eigenvalue weighted by atomic mass is 9.46. The topological polar surface area (TPSA) is 63.6 Å². The minimum Gasteiger partial charge on any atom is -0.462 e. The zero-order chi connectivity index (χ0) is 20.5. The van der Waals surface area contributed by atoms with E-state index in [0.29, 0.717) is 17.8 Å². The maximum absolute atomic E-state index is 12.5. The van der Waals surface area contributed by atoms with E-state index in [4.69, 9.17) is 4.74 Å². The minimum absolute atomic E-state index is 0.0246. The first-order chi connectivity index (χ1) is 13.0. The summed E-state index contributed by atoms with van der Waals surface area (Å²) in [4.78, 5) is 23.9. The van der Waals surface area contributed by atoms with E-state index in [1.807, 2.05) is 0 Å².